The summed E-state index contributed by atoms with van der Waals surface area (Å²) in [6, 6.07) is 17.2. The van der Waals surface area contributed by atoms with Crippen LogP contribution in [0.2, 0.25) is 0 Å². The Morgan fingerprint density at radius 2 is 1.79 bits per heavy atom. The molecule has 1 aromatic heterocycles. The van der Waals surface area contributed by atoms with Gasteiger partial charge >= 0.3 is 0 Å². The lowest BCUT2D eigenvalue weighted by Gasteiger charge is -2.24. The van der Waals surface area contributed by atoms with Crippen LogP contribution in [0, 0.1) is 6.92 Å². The van der Waals surface area contributed by atoms with Gasteiger partial charge in [-0.3, -0.25) is 18.7 Å². The van der Waals surface area contributed by atoms with E-state index in [1.165, 1.54) is 4.31 Å². The van der Waals surface area contributed by atoms with Crippen LogP contribution in [0.1, 0.15) is 53.0 Å². The standard InChI is InChI=1S/C32H33N3O6S/c1-5-27(36)29-24-17-23(21-8-7-9-22(16-21)31(37)34-25-14-15-33-32(25)38)26(35(6-2)42(4,39)40)18-28(24)41-30(29)20-12-10-19(3)11-13-20/h7-13,16-18,25H,5-6,14-15H2,1-4H3,(H,33,38)(H,34,37)/t25-/m1/s1. The molecule has 0 bridgehead atoms. The Balaban J connectivity index is 1.72. The van der Waals surface area contributed by atoms with Gasteiger partial charge < -0.3 is 15.1 Å². The Bertz CT molecular complexity index is 1810. The molecule has 1 aliphatic rings. The first-order valence-corrected chi connectivity index (χ1v) is 15.7. The van der Waals surface area contributed by atoms with Gasteiger partial charge in [0.25, 0.3) is 5.91 Å². The van der Waals surface area contributed by atoms with Crippen molar-refractivity contribution in [3.8, 4) is 22.5 Å². The van der Waals surface area contributed by atoms with Gasteiger partial charge in [0.05, 0.1) is 17.5 Å². The van der Waals surface area contributed by atoms with Crippen LogP contribution in [0.3, 0.4) is 0 Å². The maximum Gasteiger partial charge on any atom is 0.251 e. The molecule has 1 aliphatic heterocycles. The molecule has 2 heterocycles. The molecule has 0 spiro atoms. The molecule has 2 amide bonds. The van der Waals surface area contributed by atoms with Crippen molar-refractivity contribution in [2.24, 2.45) is 0 Å². The number of hydrogen-bond donors (Lipinski definition) is 2. The van der Waals surface area contributed by atoms with Crippen molar-refractivity contribution in [3.05, 3.63) is 77.4 Å². The molecule has 218 valence electrons. The van der Waals surface area contributed by atoms with Crippen molar-refractivity contribution in [1.82, 2.24) is 10.6 Å². The van der Waals surface area contributed by atoms with Crippen molar-refractivity contribution in [2.75, 3.05) is 23.7 Å². The zero-order valence-corrected chi connectivity index (χ0v) is 24.8. The Morgan fingerprint density at radius 1 is 1.05 bits per heavy atom. The Kier molecular flexibility index (Phi) is 7.92. The molecule has 0 radical (unpaired) electrons. The van der Waals surface area contributed by atoms with Crippen molar-refractivity contribution < 1.29 is 27.2 Å². The lowest BCUT2D eigenvalue weighted by molar-refractivity contribution is -0.120. The van der Waals surface area contributed by atoms with Crippen LogP contribution in [0.15, 0.2) is 65.1 Å². The van der Waals surface area contributed by atoms with E-state index in [1.807, 2.05) is 31.2 Å². The lowest BCUT2D eigenvalue weighted by Crippen LogP contribution is -2.40. The van der Waals surface area contributed by atoms with E-state index in [1.54, 1.807) is 50.2 Å². The SMILES string of the molecule is CCC(=O)c1c(-c2ccc(C)cc2)oc2cc(N(CC)S(C)(=O)=O)c(-c3cccc(C(=O)N[C@@H]4CCNC4=O)c3)cc12. The maximum atomic E-state index is 13.3. The smallest absolute Gasteiger partial charge is 0.251 e. The average molecular weight is 588 g/mol. The predicted octanol–water partition coefficient (Wildman–Crippen LogP) is 5.07. The van der Waals surface area contributed by atoms with Crippen molar-refractivity contribution in [1.29, 1.82) is 0 Å². The largest absolute Gasteiger partial charge is 0.455 e. The number of benzene rings is 3. The van der Waals surface area contributed by atoms with Gasteiger partial charge in [0, 0.05) is 47.7 Å². The second-order valence-corrected chi connectivity index (χ2v) is 12.3. The minimum absolute atomic E-state index is 0.110. The topological polar surface area (TPSA) is 126 Å². The molecule has 1 saturated heterocycles. The van der Waals surface area contributed by atoms with Crippen molar-refractivity contribution in [3.63, 3.8) is 0 Å². The van der Waals surface area contributed by atoms with Gasteiger partial charge in [-0.15, -0.1) is 0 Å². The van der Waals surface area contributed by atoms with Crippen LogP contribution in [0.4, 0.5) is 5.69 Å². The summed E-state index contributed by atoms with van der Waals surface area (Å²) in [5, 5.41) is 6.02. The van der Waals surface area contributed by atoms with Crippen LogP contribution >= 0.6 is 0 Å². The lowest BCUT2D eigenvalue weighted by atomic mass is 9.95. The monoisotopic (exact) mass is 587 g/mol. The van der Waals surface area contributed by atoms with Gasteiger partial charge in [-0.25, -0.2) is 8.42 Å². The third-order valence-electron chi connectivity index (χ3n) is 7.47. The molecule has 0 aliphatic carbocycles. The number of nitrogens with one attached hydrogen (secondary N) is 2. The molecule has 5 rings (SSSR count). The highest BCUT2D eigenvalue weighted by atomic mass is 32.2. The predicted molar refractivity (Wildman–Crippen MR) is 163 cm³/mol. The molecular formula is C32H33N3O6S. The number of furan rings is 1. The zero-order chi connectivity index (χ0) is 30.2. The number of hydrogen-bond acceptors (Lipinski definition) is 6. The fourth-order valence-corrected chi connectivity index (χ4v) is 6.29. The molecule has 3 aromatic carbocycles. The minimum Gasteiger partial charge on any atom is -0.455 e. The van der Waals surface area contributed by atoms with E-state index in [9.17, 15) is 22.8 Å². The quantitative estimate of drug-likeness (QED) is 0.263. The molecule has 4 aromatic rings. The molecule has 42 heavy (non-hydrogen) atoms. The zero-order valence-electron chi connectivity index (χ0n) is 24.0. The molecule has 1 fully saturated rings. The van der Waals surface area contributed by atoms with Crippen LogP contribution in [0.5, 0.6) is 0 Å². The van der Waals surface area contributed by atoms with E-state index in [2.05, 4.69) is 10.6 Å². The fraction of sp³-hybridized carbons (Fsp3) is 0.281. The van der Waals surface area contributed by atoms with E-state index in [0.717, 1.165) is 17.4 Å². The molecule has 1 atom stereocenters. The number of fused-ring (bicyclic) bond motifs is 1. The summed E-state index contributed by atoms with van der Waals surface area (Å²) in [5.41, 5.74) is 4.37. The van der Waals surface area contributed by atoms with Crippen LogP contribution in [0.25, 0.3) is 33.4 Å². The highest BCUT2D eigenvalue weighted by Gasteiger charge is 2.28. The first kappa shape index (κ1) is 29.1. The van der Waals surface area contributed by atoms with Crippen LogP contribution in [-0.4, -0.2) is 51.4 Å². The maximum absolute atomic E-state index is 13.3. The fourth-order valence-electron chi connectivity index (χ4n) is 5.32. The number of amides is 2. The highest BCUT2D eigenvalue weighted by Crippen LogP contribution is 2.42. The number of carbonyl (C=O) groups excluding carboxylic acids is 3. The number of aryl methyl sites for hydroxylation is 1. The van der Waals surface area contributed by atoms with Gasteiger partial charge in [0.15, 0.2) is 5.78 Å². The van der Waals surface area contributed by atoms with Gasteiger partial charge in [0.2, 0.25) is 15.9 Å². The van der Waals surface area contributed by atoms with Crippen molar-refractivity contribution >= 4 is 44.3 Å². The molecule has 0 saturated carbocycles. The summed E-state index contributed by atoms with van der Waals surface area (Å²) in [7, 11) is -3.70. The number of rotatable bonds is 9. The summed E-state index contributed by atoms with van der Waals surface area (Å²) in [4.78, 5) is 38.4. The second-order valence-electron chi connectivity index (χ2n) is 10.4. The average Bonchev–Trinajstić information content (AvgIpc) is 3.54. The second kappa shape index (κ2) is 11.4. The minimum atomic E-state index is -3.70. The van der Waals surface area contributed by atoms with Gasteiger partial charge in [-0.1, -0.05) is 48.9 Å². The third-order valence-corrected chi connectivity index (χ3v) is 8.72. The van der Waals surface area contributed by atoms with Crippen LogP contribution in [-0.2, 0) is 14.8 Å². The molecule has 9 nitrogen and oxygen atoms in total. The number of ketones is 1. The molecule has 0 unspecified atom stereocenters. The van der Waals surface area contributed by atoms with Gasteiger partial charge in [0.1, 0.15) is 17.4 Å². The summed E-state index contributed by atoms with van der Waals surface area (Å²) < 4.78 is 33.4. The van der Waals surface area contributed by atoms with Crippen LogP contribution < -0.4 is 14.9 Å². The molecule has 10 heteroatoms. The van der Waals surface area contributed by atoms with Gasteiger partial charge in [-0.05, 0) is 44.0 Å². The van der Waals surface area contributed by atoms with E-state index >= 15 is 0 Å². The normalized spacial score (nSPS) is 15.0. The van der Waals surface area contributed by atoms with E-state index in [0.29, 0.717) is 57.6 Å². The highest BCUT2D eigenvalue weighted by molar-refractivity contribution is 7.92. The van der Waals surface area contributed by atoms with E-state index in [4.69, 9.17) is 4.42 Å². The van der Waals surface area contributed by atoms with Gasteiger partial charge in [-0.2, -0.15) is 0 Å². The van der Waals surface area contributed by atoms with E-state index in [-0.39, 0.29) is 24.7 Å². The summed E-state index contributed by atoms with van der Waals surface area (Å²) in [6.07, 6.45) is 1.88. The number of sulfonamides is 1. The third kappa shape index (κ3) is 5.54. The number of anilines is 1. The Hall–Kier alpha value is -4.44. The Labute approximate surface area is 244 Å². The summed E-state index contributed by atoms with van der Waals surface area (Å²) in [6.45, 7) is 6.14. The molecule has 2 N–H and O–H groups in total. The Morgan fingerprint density at radius 3 is 2.40 bits per heavy atom. The number of Topliss-reactive ketones (excluding diaryl/α,β-unsaturated/α-hetero) is 1. The molecular weight excluding hydrogens is 554 g/mol. The summed E-state index contributed by atoms with van der Waals surface area (Å²) in [5.74, 6) is -0.327. The van der Waals surface area contributed by atoms with Crippen molar-refractivity contribution in [2.45, 2.75) is 39.7 Å². The number of carbonyl (C=O) groups is 3. The van der Waals surface area contributed by atoms with E-state index < -0.39 is 22.0 Å². The first-order chi connectivity index (χ1) is 20.0. The first-order valence-electron chi connectivity index (χ1n) is 13.9. The number of nitrogens with zero attached hydrogens (tertiary/aromatic N) is 1. The summed E-state index contributed by atoms with van der Waals surface area (Å²) >= 11 is 0.